The summed E-state index contributed by atoms with van der Waals surface area (Å²) in [7, 11) is 0. The maximum absolute atomic E-state index is 5.27. The van der Waals surface area contributed by atoms with Gasteiger partial charge in [0.2, 0.25) is 6.79 Å². The van der Waals surface area contributed by atoms with Crippen LogP contribution in [-0.2, 0) is 16.4 Å². The Morgan fingerprint density at radius 3 is 2.94 bits per heavy atom. The van der Waals surface area contributed by atoms with Crippen molar-refractivity contribution < 1.29 is 19.2 Å². The van der Waals surface area contributed by atoms with Crippen LogP contribution in [0.4, 0.5) is 0 Å². The fourth-order valence-corrected chi connectivity index (χ4v) is 1.40. The molecule has 0 aliphatic carbocycles. The number of unbranched alkanes of at least 4 members (excludes halogenated alkanes) is 1. The minimum absolute atomic E-state index is 0.298. The molecule has 1 aromatic rings. The van der Waals surface area contributed by atoms with Gasteiger partial charge in [-0.1, -0.05) is 19.4 Å². The lowest BCUT2D eigenvalue weighted by molar-refractivity contribution is -0.304. The van der Waals surface area contributed by atoms with Gasteiger partial charge in [0.1, 0.15) is 6.61 Å². The number of rotatable bonds is 6. The molecule has 0 aromatic heterocycles. The first-order valence-electron chi connectivity index (χ1n) is 5.53. The highest BCUT2D eigenvalue weighted by atomic mass is 17.2. The summed E-state index contributed by atoms with van der Waals surface area (Å²) in [6, 6.07) is 5.73. The van der Waals surface area contributed by atoms with E-state index in [4.69, 9.17) is 19.2 Å². The standard InChI is InChI=1S/C12H16O4/c1-2-3-6-15-16-8-10-4-5-11-12(7-10)14-9-13-11/h4-5,7H,2-3,6,8-9H2,1H3. The molecule has 4 heteroatoms. The highest BCUT2D eigenvalue weighted by molar-refractivity contribution is 5.44. The van der Waals surface area contributed by atoms with Crippen molar-refractivity contribution in [3.63, 3.8) is 0 Å². The zero-order valence-corrected chi connectivity index (χ0v) is 9.40. The molecular formula is C12H16O4. The van der Waals surface area contributed by atoms with Crippen LogP contribution in [0.5, 0.6) is 11.5 Å². The lowest BCUT2D eigenvalue weighted by Gasteiger charge is -2.04. The minimum atomic E-state index is 0.298. The molecule has 0 N–H and O–H groups in total. The predicted molar refractivity (Wildman–Crippen MR) is 58.2 cm³/mol. The smallest absolute Gasteiger partial charge is 0.231 e. The van der Waals surface area contributed by atoms with Crippen LogP contribution in [0, 0.1) is 0 Å². The summed E-state index contributed by atoms with van der Waals surface area (Å²) in [5, 5.41) is 0. The average Bonchev–Trinajstić information content (AvgIpc) is 2.76. The number of hydrogen-bond acceptors (Lipinski definition) is 4. The van der Waals surface area contributed by atoms with Crippen molar-refractivity contribution >= 4 is 0 Å². The zero-order chi connectivity index (χ0) is 11.2. The number of ether oxygens (including phenoxy) is 2. The van der Waals surface area contributed by atoms with Gasteiger partial charge in [-0.2, -0.15) is 0 Å². The van der Waals surface area contributed by atoms with Crippen molar-refractivity contribution in [1.82, 2.24) is 0 Å². The number of fused-ring (bicyclic) bond motifs is 1. The van der Waals surface area contributed by atoms with Gasteiger partial charge in [-0.25, -0.2) is 9.78 Å². The summed E-state index contributed by atoms with van der Waals surface area (Å²) in [5.41, 5.74) is 1.01. The van der Waals surface area contributed by atoms with Crippen LogP contribution in [-0.4, -0.2) is 13.4 Å². The van der Waals surface area contributed by atoms with Crippen molar-refractivity contribution in [3.05, 3.63) is 23.8 Å². The highest BCUT2D eigenvalue weighted by Crippen LogP contribution is 2.32. The van der Waals surface area contributed by atoms with Gasteiger partial charge in [-0.3, -0.25) is 0 Å². The normalized spacial score (nSPS) is 13.1. The quantitative estimate of drug-likeness (QED) is 0.423. The van der Waals surface area contributed by atoms with Gasteiger partial charge in [0, 0.05) is 0 Å². The van der Waals surface area contributed by atoms with E-state index in [2.05, 4.69) is 6.92 Å². The molecule has 1 aliphatic heterocycles. The molecule has 1 aromatic carbocycles. The molecule has 0 bridgehead atoms. The molecule has 88 valence electrons. The SMILES string of the molecule is CCCCOOCc1ccc2c(c1)OCO2. The molecule has 0 amide bonds. The van der Waals surface area contributed by atoms with E-state index in [1.807, 2.05) is 18.2 Å². The molecule has 0 fully saturated rings. The third-order valence-corrected chi connectivity index (χ3v) is 2.33. The topological polar surface area (TPSA) is 36.9 Å². The van der Waals surface area contributed by atoms with E-state index in [0.29, 0.717) is 20.0 Å². The van der Waals surface area contributed by atoms with Crippen LogP contribution in [0.1, 0.15) is 25.3 Å². The molecular weight excluding hydrogens is 208 g/mol. The molecule has 16 heavy (non-hydrogen) atoms. The Hall–Kier alpha value is -1.26. The summed E-state index contributed by atoms with van der Waals surface area (Å²) >= 11 is 0. The molecule has 0 radical (unpaired) electrons. The monoisotopic (exact) mass is 224 g/mol. The van der Waals surface area contributed by atoms with Gasteiger partial charge >= 0.3 is 0 Å². The molecule has 0 spiro atoms. The van der Waals surface area contributed by atoms with Crippen molar-refractivity contribution in [2.75, 3.05) is 13.4 Å². The molecule has 2 rings (SSSR count). The van der Waals surface area contributed by atoms with Crippen molar-refractivity contribution in [3.8, 4) is 11.5 Å². The number of benzene rings is 1. The van der Waals surface area contributed by atoms with E-state index < -0.39 is 0 Å². The summed E-state index contributed by atoms with van der Waals surface area (Å²) in [4.78, 5) is 10.1. The van der Waals surface area contributed by atoms with Gasteiger partial charge in [0.25, 0.3) is 0 Å². The maximum atomic E-state index is 5.27. The van der Waals surface area contributed by atoms with Crippen LogP contribution in [0.25, 0.3) is 0 Å². The van der Waals surface area contributed by atoms with Crippen molar-refractivity contribution in [2.45, 2.75) is 26.4 Å². The van der Waals surface area contributed by atoms with E-state index in [9.17, 15) is 0 Å². The molecule has 0 saturated heterocycles. The predicted octanol–water partition coefficient (Wildman–Crippen LogP) is 2.66. The van der Waals surface area contributed by atoms with E-state index in [1.165, 1.54) is 0 Å². The molecule has 0 saturated carbocycles. The summed E-state index contributed by atoms with van der Waals surface area (Å²) in [6.07, 6.45) is 2.12. The van der Waals surface area contributed by atoms with Crippen LogP contribution in [0.2, 0.25) is 0 Å². The Morgan fingerprint density at radius 2 is 2.06 bits per heavy atom. The molecule has 1 heterocycles. The lowest BCUT2D eigenvalue weighted by atomic mass is 10.2. The Balaban J connectivity index is 1.77. The maximum Gasteiger partial charge on any atom is 0.231 e. The molecule has 0 atom stereocenters. The van der Waals surface area contributed by atoms with Gasteiger partial charge < -0.3 is 9.47 Å². The Bertz CT molecular complexity index is 338. The Morgan fingerprint density at radius 1 is 1.19 bits per heavy atom. The second kappa shape index (κ2) is 5.72. The third kappa shape index (κ3) is 2.87. The highest BCUT2D eigenvalue weighted by Gasteiger charge is 2.12. The fourth-order valence-electron chi connectivity index (χ4n) is 1.40. The summed E-state index contributed by atoms with van der Waals surface area (Å²) in [5.74, 6) is 1.56. The molecule has 0 unspecified atom stereocenters. The van der Waals surface area contributed by atoms with Crippen LogP contribution in [0.15, 0.2) is 18.2 Å². The van der Waals surface area contributed by atoms with Crippen LogP contribution in [0.3, 0.4) is 0 Å². The summed E-state index contributed by atoms with van der Waals surface area (Å²) in [6.45, 7) is 3.48. The van der Waals surface area contributed by atoms with Gasteiger partial charge in [0.05, 0.1) is 6.61 Å². The van der Waals surface area contributed by atoms with Crippen molar-refractivity contribution in [1.29, 1.82) is 0 Å². The average molecular weight is 224 g/mol. The lowest BCUT2D eigenvalue weighted by Crippen LogP contribution is -1.97. The fraction of sp³-hybridized carbons (Fsp3) is 0.500. The van der Waals surface area contributed by atoms with E-state index in [0.717, 1.165) is 29.9 Å². The molecule has 4 nitrogen and oxygen atoms in total. The number of hydrogen-bond donors (Lipinski definition) is 0. The van der Waals surface area contributed by atoms with Gasteiger partial charge in [-0.05, 0) is 24.1 Å². The van der Waals surface area contributed by atoms with Gasteiger partial charge in [-0.15, -0.1) is 0 Å². The van der Waals surface area contributed by atoms with Crippen LogP contribution >= 0.6 is 0 Å². The third-order valence-electron chi connectivity index (χ3n) is 2.33. The van der Waals surface area contributed by atoms with Crippen LogP contribution < -0.4 is 9.47 Å². The van der Waals surface area contributed by atoms with Gasteiger partial charge in [0.15, 0.2) is 11.5 Å². The van der Waals surface area contributed by atoms with E-state index in [-0.39, 0.29) is 0 Å². The van der Waals surface area contributed by atoms with E-state index in [1.54, 1.807) is 0 Å². The molecule has 1 aliphatic rings. The second-order valence-corrected chi connectivity index (χ2v) is 3.63. The zero-order valence-electron chi connectivity index (χ0n) is 9.40. The van der Waals surface area contributed by atoms with E-state index >= 15 is 0 Å². The Labute approximate surface area is 95.0 Å². The summed E-state index contributed by atoms with van der Waals surface area (Å²) < 4.78 is 10.5. The Kier molecular flexibility index (Phi) is 4.02. The first-order chi connectivity index (χ1) is 7.90. The first-order valence-corrected chi connectivity index (χ1v) is 5.53. The minimum Gasteiger partial charge on any atom is -0.454 e. The largest absolute Gasteiger partial charge is 0.454 e. The first kappa shape index (κ1) is 11.2. The second-order valence-electron chi connectivity index (χ2n) is 3.63. The van der Waals surface area contributed by atoms with Crippen molar-refractivity contribution in [2.24, 2.45) is 0 Å².